The van der Waals surface area contributed by atoms with Gasteiger partial charge >= 0.3 is 0 Å². The summed E-state index contributed by atoms with van der Waals surface area (Å²) in [6, 6.07) is 15.1. The molecule has 1 amide bonds. The third-order valence-corrected chi connectivity index (χ3v) is 3.25. The number of benzene rings is 2. The summed E-state index contributed by atoms with van der Waals surface area (Å²) < 4.78 is 5.37. The fourth-order valence-corrected chi connectivity index (χ4v) is 2.17. The van der Waals surface area contributed by atoms with Crippen molar-refractivity contribution in [2.75, 3.05) is 5.32 Å². The largest absolute Gasteiger partial charge is 0.444 e. The molecule has 0 aliphatic rings. The quantitative estimate of drug-likeness (QED) is 0.573. The summed E-state index contributed by atoms with van der Waals surface area (Å²) in [5.41, 5.74) is 1.58. The molecule has 3 aromatic rings. The van der Waals surface area contributed by atoms with Gasteiger partial charge in [0, 0.05) is 23.4 Å². The summed E-state index contributed by atoms with van der Waals surface area (Å²) in [4.78, 5) is 26.5. The van der Waals surface area contributed by atoms with Crippen molar-refractivity contribution in [3.8, 4) is 11.5 Å². The number of nitro groups is 1. The van der Waals surface area contributed by atoms with Crippen molar-refractivity contribution in [1.29, 1.82) is 0 Å². The fraction of sp³-hybridized carbons (Fsp3) is 0.0588. The van der Waals surface area contributed by atoms with Crippen LogP contribution in [0.5, 0.6) is 0 Å². The molecule has 0 spiro atoms. The molecule has 1 aromatic heterocycles. The minimum absolute atomic E-state index is 0.0129. The van der Waals surface area contributed by atoms with Crippen molar-refractivity contribution in [2.45, 2.75) is 6.42 Å². The lowest BCUT2D eigenvalue weighted by atomic mass is 10.2. The molecule has 0 aliphatic carbocycles. The van der Waals surface area contributed by atoms with E-state index >= 15 is 0 Å². The number of hydrogen-bond acceptors (Lipinski definition) is 5. The van der Waals surface area contributed by atoms with Gasteiger partial charge in [0.25, 0.3) is 5.69 Å². The second kappa shape index (κ2) is 6.74. The molecule has 0 atom stereocenters. The minimum Gasteiger partial charge on any atom is -0.444 e. The van der Waals surface area contributed by atoms with Crippen molar-refractivity contribution < 1.29 is 14.1 Å². The van der Waals surface area contributed by atoms with Gasteiger partial charge in [-0.1, -0.05) is 24.3 Å². The van der Waals surface area contributed by atoms with E-state index in [9.17, 15) is 14.9 Å². The molecule has 2 aromatic carbocycles. The monoisotopic (exact) mass is 323 g/mol. The van der Waals surface area contributed by atoms with Crippen molar-refractivity contribution in [3.05, 3.63) is 76.7 Å². The highest BCUT2D eigenvalue weighted by Crippen LogP contribution is 2.19. The summed E-state index contributed by atoms with van der Waals surface area (Å²) in [6.07, 6.45) is 1.44. The Morgan fingerprint density at radius 2 is 1.96 bits per heavy atom. The second-order valence-electron chi connectivity index (χ2n) is 5.04. The number of rotatable bonds is 5. The predicted molar refractivity (Wildman–Crippen MR) is 87.4 cm³/mol. The molecule has 7 nitrogen and oxygen atoms in total. The van der Waals surface area contributed by atoms with Gasteiger partial charge in [0.2, 0.25) is 11.8 Å². The third-order valence-electron chi connectivity index (χ3n) is 3.25. The highest BCUT2D eigenvalue weighted by molar-refractivity contribution is 5.92. The molecule has 120 valence electrons. The number of non-ortho nitro benzene ring substituents is 1. The number of carbonyl (C=O) groups is 1. The number of anilines is 1. The molecule has 1 heterocycles. The Morgan fingerprint density at radius 3 is 2.71 bits per heavy atom. The first kappa shape index (κ1) is 15.4. The van der Waals surface area contributed by atoms with Gasteiger partial charge in [0.05, 0.1) is 17.0 Å². The van der Waals surface area contributed by atoms with Crippen LogP contribution in [0.25, 0.3) is 11.5 Å². The van der Waals surface area contributed by atoms with Gasteiger partial charge in [-0.05, 0) is 18.2 Å². The maximum absolute atomic E-state index is 12.0. The first-order valence-electron chi connectivity index (χ1n) is 7.16. The van der Waals surface area contributed by atoms with E-state index in [0.29, 0.717) is 17.3 Å². The summed E-state index contributed by atoms with van der Waals surface area (Å²) in [6.45, 7) is 0. The lowest BCUT2D eigenvalue weighted by Gasteiger charge is -2.03. The van der Waals surface area contributed by atoms with E-state index in [-0.39, 0.29) is 18.0 Å². The molecule has 1 N–H and O–H groups in total. The third kappa shape index (κ3) is 3.64. The van der Waals surface area contributed by atoms with Gasteiger partial charge in [-0.2, -0.15) is 0 Å². The Bertz CT molecular complexity index is 874. The molecule has 0 saturated carbocycles. The molecule has 0 saturated heterocycles. The SMILES string of the molecule is O=C(Cc1coc(-c2ccccc2)n1)Nc1cccc([N+](=O)[O-])c1. The zero-order chi connectivity index (χ0) is 16.9. The van der Waals surface area contributed by atoms with Gasteiger partial charge in [-0.15, -0.1) is 0 Å². The van der Waals surface area contributed by atoms with Crippen molar-refractivity contribution in [1.82, 2.24) is 4.98 Å². The molecule has 7 heteroatoms. The van der Waals surface area contributed by atoms with Crippen molar-refractivity contribution in [2.24, 2.45) is 0 Å². The molecule has 0 fully saturated rings. The van der Waals surface area contributed by atoms with Crippen molar-refractivity contribution in [3.63, 3.8) is 0 Å². The average Bonchev–Trinajstić information content (AvgIpc) is 3.04. The number of oxazole rings is 1. The smallest absolute Gasteiger partial charge is 0.271 e. The maximum atomic E-state index is 12.0. The van der Waals surface area contributed by atoms with Gasteiger partial charge < -0.3 is 9.73 Å². The summed E-state index contributed by atoms with van der Waals surface area (Å²) in [5.74, 6) is 0.108. The van der Waals surface area contributed by atoms with Gasteiger partial charge in [-0.25, -0.2) is 4.98 Å². The Hall–Kier alpha value is -3.48. The molecular formula is C17H13N3O4. The normalized spacial score (nSPS) is 10.3. The lowest BCUT2D eigenvalue weighted by Crippen LogP contribution is -2.14. The number of nitro benzene ring substituents is 1. The summed E-state index contributed by atoms with van der Waals surface area (Å²) >= 11 is 0. The van der Waals surface area contributed by atoms with E-state index in [0.717, 1.165) is 5.56 Å². The Morgan fingerprint density at radius 1 is 1.17 bits per heavy atom. The highest BCUT2D eigenvalue weighted by atomic mass is 16.6. The van der Waals surface area contributed by atoms with Gasteiger partial charge in [0.1, 0.15) is 6.26 Å². The second-order valence-corrected chi connectivity index (χ2v) is 5.04. The van der Waals surface area contributed by atoms with Crippen LogP contribution in [-0.2, 0) is 11.2 Å². The predicted octanol–water partition coefficient (Wildman–Crippen LogP) is 3.43. The summed E-state index contributed by atoms with van der Waals surface area (Å²) in [5, 5.41) is 13.3. The Labute approximate surface area is 137 Å². The first-order valence-corrected chi connectivity index (χ1v) is 7.16. The minimum atomic E-state index is -0.514. The van der Waals surface area contributed by atoms with Crippen molar-refractivity contribution >= 4 is 17.3 Å². The fourth-order valence-electron chi connectivity index (χ4n) is 2.17. The van der Waals surface area contributed by atoms with Crippen LogP contribution in [0.2, 0.25) is 0 Å². The number of carbonyl (C=O) groups excluding carboxylic acids is 1. The number of aromatic nitrogens is 1. The topological polar surface area (TPSA) is 98.3 Å². The van der Waals surface area contributed by atoms with Crippen LogP contribution in [-0.4, -0.2) is 15.8 Å². The molecule has 24 heavy (non-hydrogen) atoms. The summed E-state index contributed by atoms with van der Waals surface area (Å²) in [7, 11) is 0. The number of amides is 1. The zero-order valence-corrected chi connectivity index (χ0v) is 12.5. The average molecular weight is 323 g/mol. The molecule has 0 radical (unpaired) electrons. The maximum Gasteiger partial charge on any atom is 0.271 e. The van der Waals surface area contributed by atoms with Gasteiger partial charge in [0.15, 0.2) is 0 Å². The molecule has 0 unspecified atom stereocenters. The van der Waals surface area contributed by atoms with E-state index in [1.165, 1.54) is 24.5 Å². The van der Waals surface area contributed by atoms with Crippen LogP contribution in [0, 0.1) is 10.1 Å². The van der Waals surface area contributed by atoms with Crippen LogP contribution < -0.4 is 5.32 Å². The van der Waals surface area contributed by atoms with E-state index in [1.807, 2.05) is 30.3 Å². The van der Waals surface area contributed by atoms with Crippen LogP contribution in [0.1, 0.15) is 5.69 Å². The number of nitrogens with zero attached hydrogens (tertiary/aromatic N) is 2. The van der Waals surface area contributed by atoms with Crippen LogP contribution >= 0.6 is 0 Å². The molecule has 0 bridgehead atoms. The lowest BCUT2D eigenvalue weighted by molar-refractivity contribution is -0.384. The van der Waals surface area contributed by atoms with Gasteiger partial charge in [-0.3, -0.25) is 14.9 Å². The van der Waals surface area contributed by atoms with Crippen LogP contribution in [0.4, 0.5) is 11.4 Å². The standard InChI is InChI=1S/C17H13N3O4/c21-16(18-13-7-4-8-15(9-13)20(22)23)10-14-11-24-17(19-14)12-5-2-1-3-6-12/h1-9,11H,10H2,(H,18,21). The number of nitrogens with one attached hydrogen (secondary N) is 1. The van der Waals surface area contributed by atoms with E-state index in [1.54, 1.807) is 6.07 Å². The molecule has 0 aliphatic heterocycles. The Balaban J connectivity index is 1.66. The van der Waals surface area contributed by atoms with E-state index < -0.39 is 4.92 Å². The molecular weight excluding hydrogens is 310 g/mol. The first-order chi connectivity index (χ1) is 11.6. The van der Waals surface area contributed by atoms with E-state index in [4.69, 9.17) is 4.42 Å². The number of hydrogen-bond donors (Lipinski definition) is 1. The zero-order valence-electron chi connectivity index (χ0n) is 12.5. The highest BCUT2D eigenvalue weighted by Gasteiger charge is 2.12. The molecule has 3 rings (SSSR count). The van der Waals surface area contributed by atoms with Crippen LogP contribution in [0.3, 0.4) is 0 Å². The van der Waals surface area contributed by atoms with Crippen LogP contribution in [0.15, 0.2) is 65.3 Å². The Kier molecular flexibility index (Phi) is 4.33. The van der Waals surface area contributed by atoms with E-state index in [2.05, 4.69) is 10.3 Å².